The summed E-state index contributed by atoms with van der Waals surface area (Å²) in [5.41, 5.74) is 0.593. The molecule has 1 aromatic rings. The third-order valence-electron chi connectivity index (χ3n) is 3.07. The largest absolute Gasteiger partial charge is 0.469 e. The maximum Gasteiger partial charge on any atom is 0.305 e. The Morgan fingerprint density at radius 1 is 1.05 bits per heavy atom. The van der Waals surface area contributed by atoms with Crippen LogP contribution >= 0.6 is 0 Å². The maximum absolute atomic E-state index is 11.8. The molecular formula is C15H23NO4S. The van der Waals surface area contributed by atoms with E-state index < -0.39 is 10.0 Å². The Kier molecular flexibility index (Phi) is 7.82. The number of nitrogens with one attached hydrogen (secondary N) is 1. The summed E-state index contributed by atoms with van der Waals surface area (Å²) in [6, 6.07) is 8.87. The van der Waals surface area contributed by atoms with Crippen LogP contribution in [0.4, 0.5) is 5.69 Å². The fourth-order valence-electron chi connectivity index (χ4n) is 1.93. The predicted molar refractivity (Wildman–Crippen MR) is 83.6 cm³/mol. The molecule has 1 rings (SSSR count). The number of hydrogen-bond acceptors (Lipinski definition) is 4. The Bertz CT molecular complexity index is 514. The van der Waals surface area contributed by atoms with E-state index in [1.54, 1.807) is 24.3 Å². The van der Waals surface area contributed by atoms with Gasteiger partial charge in [0.1, 0.15) is 0 Å². The van der Waals surface area contributed by atoms with Crippen molar-refractivity contribution in [3.8, 4) is 0 Å². The standard InChI is InChI=1S/C15H23NO4S/c1-20-15(17)12-8-3-2-4-9-13-21(18,19)16-14-10-6-5-7-11-14/h5-7,10-11,16H,2-4,8-9,12-13H2,1H3. The van der Waals surface area contributed by atoms with Crippen LogP contribution in [0.3, 0.4) is 0 Å². The van der Waals surface area contributed by atoms with Crippen LogP contribution in [0.2, 0.25) is 0 Å². The van der Waals surface area contributed by atoms with Gasteiger partial charge in [0.05, 0.1) is 12.9 Å². The molecule has 0 amide bonds. The van der Waals surface area contributed by atoms with Crippen molar-refractivity contribution >= 4 is 21.7 Å². The molecule has 0 aliphatic rings. The highest BCUT2D eigenvalue weighted by molar-refractivity contribution is 7.92. The normalized spacial score (nSPS) is 11.1. The lowest BCUT2D eigenvalue weighted by molar-refractivity contribution is -0.140. The number of esters is 1. The molecule has 1 aromatic carbocycles. The van der Waals surface area contributed by atoms with Gasteiger partial charge in [-0.05, 0) is 25.0 Å². The summed E-state index contributed by atoms with van der Waals surface area (Å²) in [4.78, 5) is 10.9. The number of ether oxygens (including phenoxy) is 1. The van der Waals surface area contributed by atoms with Gasteiger partial charge in [0.15, 0.2) is 0 Å². The highest BCUT2D eigenvalue weighted by Gasteiger charge is 2.09. The van der Waals surface area contributed by atoms with Crippen LogP contribution in [0.15, 0.2) is 30.3 Å². The average Bonchev–Trinajstić information content (AvgIpc) is 2.46. The number of methoxy groups -OCH3 is 1. The highest BCUT2D eigenvalue weighted by atomic mass is 32.2. The van der Waals surface area contributed by atoms with E-state index >= 15 is 0 Å². The number of unbranched alkanes of at least 4 members (excludes halogenated alkanes) is 4. The number of para-hydroxylation sites is 1. The van der Waals surface area contributed by atoms with Gasteiger partial charge in [0, 0.05) is 12.1 Å². The summed E-state index contributed by atoms with van der Waals surface area (Å²) in [6.07, 6.45) is 4.54. The molecule has 5 nitrogen and oxygen atoms in total. The van der Waals surface area contributed by atoms with E-state index in [0.29, 0.717) is 18.5 Å². The number of anilines is 1. The number of benzene rings is 1. The fourth-order valence-corrected chi connectivity index (χ4v) is 3.11. The van der Waals surface area contributed by atoms with Crippen LogP contribution in [-0.4, -0.2) is 27.2 Å². The van der Waals surface area contributed by atoms with Crippen LogP contribution in [0.1, 0.15) is 38.5 Å². The van der Waals surface area contributed by atoms with Crippen molar-refractivity contribution in [2.45, 2.75) is 38.5 Å². The second kappa shape index (κ2) is 9.39. The molecule has 0 aliphatic carbocycles. The molecule has 0 fully saturated rings. The van der Waals surface area contributed by atoms with E-state index in [1.807, 2.05) is 6.07 Å². The van der Waals surface area contributed by atoms with Gasteiger partial charge in [0.2, 0.25) is 10.0 Å². The summed E-state index contributed by atoms with van der Waals surface area (Å²) in [5.74, 6) is -0.0662. The number of rotatable bonds is 10. The van der Waals surface area contributed by atoms with Gasteiger partial charge in [0.25, 0.3) is 0 Å². The summed E-state index contributed by atoms with van der Waals surface area (Å²) in [6.45, 7) is 0. The van der Waals surface area contributed by atoms with Crippen molar-refractivity contribution in [2.75, 3.05) is 17.6 Å². The van der Waals surface area contributed by atoms with Crippen molar-refractivity contribution in [1.82, 2.24) is 0 Å². The van der Waals surface area contributed by atoms with E-state index in [2.05, 4.69) is 9.46 Å². The first-order valence-electron chi connectivity index (χ1n) is 7.16. The summed E-state index contributed by atoms with van der Waals surface area (Å²) >= 11 is 0. The molecule has 0 spiro atoms. The molecule has 0 radical (unpaired) electrons. The third kappa shape index (κ3) is 8.34. The molecule has 118 valence electrons. The Morgan fingerprint density at radius 3 is 2.33 bits per heavy atom. The lowest BCUT2D eigenvalue weighted by Gasteiger charge is -2.07. The molecule has 0 bridgehead atoms. The fraction of sp³-hybridized carbons (Fsp3) is 0.533. The Morgan fingerprint density at radius 2 is 1.67 bits per heavy atom. The smallest absolute Gasteiger partial charge is 0.305 e. The van der Waals surface area contributed by atoms with Crippen molar-refractivity contribution in [3.63, 3.8) is 0 Å². The summed E-state index contributed by atoms with van der Waals surface area (Å²) < 4.78 is 30.8. The monoisotopic (exact) mass is 313 g/mol. The lowest BCUT2D eigenvalue weighted by Crippen LogP contribution is -2.16. The zero-order valence-corrected chi connectivity index (χ0v) is 13.2. The van der Waals surface area contributed by atoms with E-state index in [-0.39, 0.29) is 11.7 Å². The van der Waals surface area contributed by atoms with Gasteiger partial charge in [-0.15, -0.1) is 0 Å². The van der Waals surface area contributed by atoms with Crippen LogP contribution in [-0.2, 0) is 19.6 Å². The van der Waals surface area contributed by atoms with Gasteiger partial charge in [-0.2, -0.15) is 0 Å². The molecule has 0 atom stereocenters. The molecule has 0 heterocycles. The highest BCUT2D eigenvalue weighted by Crippen LogP contribution is 2.11. The maximum atomic E-state index is 11.8. The first-order valence-corrected chi connectivity index (χ1v) is 8.81. The summed E-state index contributed by atoms with van der Waals surface area (Å²) in [7, 11) is -1.89. The first-order chi connectivity index (χ1) is 10.0. The van der Waals surface area contributed by atoms with Crippen molar-refractivity contribution in [1.29, 1.82) is 0 Å². The van der Waals surface area contributed by atoms with Crippen molar-refractivity contribution in [3.05, 3.63) is 30.3 Å². The SMILES string of the molecule is COC(=O)CCCCCCCS(=O)(=O)Nc1ccccc1. The molecule has 21 heavy (non-hydrogen) atoms. The second-order valence-corrected chi connectivity index (χ2v) is 6.72. The van der Waals surface area contributed by atoms with Crippen LogP contribution < -0.4 is 4.72 Å². The molecule has 0 saturated heterocycles. The zero-order chi connectivity index (χ0) is 15.6. The number of carbonyl (C=O) groups is 1. The number of hydrogen-bond donors (Lipinski definition) is 1. The Hall–Kier alpha value is -1.56. The van der Waals surface area contributed by atoms with E-state index in [4.69, 9.17) is 0 Å². The van der Waals surface area contributed by atoms with Crippen molar-refractivity contribution < 1.29 is 17.9 Å². The first kappa shape index (κ1) is 17.5. The molecule has 1 N–H and O–H groups in total. The van der Waals surface area contributed by atoms with E-state index in [1.165, 1.54) is 7.11 Å². The quantitative estimate of drug-likeness (QED) is 0.532. The van der Waals surface area contributed by atoms with Gasteiger partial charge >= 0.3 is 5.97 Å². The summed E-state index contributed by atoms with van der Waals surface area (Å²) in [5, 5.41) is 0. The van der Waals surface area contributed by atoms with Crippen molar-refractivity contribution in [2.24, 2.45) is 0 Å². The van der Waals surface area contributed by atoms with Gasteiger partial charge < -0.3 is 4.74 Å². The van der Waals surface area contributed by atoms with E-state index in [0.717, 1.165) is 25.7 Å². The van der Waals surface area contributed by atoms with Gasteiger partial charge in [-0.25, -0.2) is 8.42 Å². The van der Waals surface area contributed by atoms with Crippen LogP contribution in [0, 0.1) is 0 Å². The average molecular weight is 313 g/mol. The van der Waals surface area contributed by atoms with Gasteiger partial charge in [-0.1, -0.05) is 37.5 Å². The van der Waals surface area contributed by atoms with E-state index in [9.17, 15) is 13.2 Å². The molecule has 0 saturated carbocycles. The van der Waals surface area contributed by atoms with Crippen LogP contribution in [0.25, 0.3) is 0 Å². The molecule has 6 heteroatoms. The molecule has 0 aromatic heterocycles. The molecule has 0 unspecified atom stereocenters. The van der Waals surface area contributed by atoms with Crippen LogP contribution in [0.5, 0.6) is 0 Å². The second-order valence-electron chi connectivity index (χ2n) is 4.88. The third-order valence-corrected chi connectivity index (χ3v) is 4.44. The number of sulfonamides is 1. The minimum absolute atomic E-state index is 0.124. The Balaban J connectivity index is 2.13. The molecular weight excluding hydrogens is 290 g/mol. The minimum Gasteiger partial charge on any atom is -0.469 e. The predicted octanol–water partition coefficient (Wildman–Crippen LogP) is 2.94. The molecule has 0 aliphatic heterocycles. The lowest BCUT2D eigenvalue weighted by atomic mass is 10.1. The minimum atomic E-state index is -3.27. The van der Waals surface area contributed by atoms with Gasteiger partial charge in [-0.3, -0.25) is 9.52 Å². The topological polar surface area (TPSA) is 72.5 Å². The Labute approximate surface area is 126 Å². The number of carbonyl (C=O) groups excluding carboxylic acids is 1. The zero-order valence-electron chi connectivity index (χ0n) is 12.4.